The third-order valence-electron chi connectivity index (χ3n) is 3.87. The number of hydrogen-bond donors (Lipinski definition) is 2. The molecule has 0 spiro atoms. The number of carbonyl (C=O) groups excluding carboxylic acids is 1. The predicted molar refractivity (Wildman–Crippen MR) is 75.0 cm³/mol. The number of hydrogen-bond acceptors (Lipinski definition) is 2. The van der Waals surface area contributed by atoms with E-state index in [1.165, 1.54) is 0 Å². The summed E-state index contributed by atoms with van der Waals surface area (Å²) in [6.07, 6.45) is 2.13. The van der Waals surface area contributed by atoms with Gasteiger partial charge in [-0.1, -0.05) is 18.6 Å². The molecule has 102 valence electrons. The number of carbonyl (C=O) groups is 2. The molecule has 2 atom stereocenters. The number of carboxylic acid groups (broad SMARTS) is 1. The third kappa shape index (κ3) is 2.66. The average molecular weight is 326 g/mol. The molecule has 1 saturated carbocycles. The zero-order chi connectivity index (χ0) is 14.0. The Labute approximate surface area is 120 Å². The maximum absolute atomic E-state index is 12.2. The summed E-state index contributed by atoms with van der Waals surface area (Å²) < 4.78 is 0.711. The predicted octanol–water partition coefficient (Wildman–Crippen LogP) is 2.82. The highest BCUT2D eigenvalue weighted by molar-refractivity contribution is 9.10. The Morgan fingerprint density at radius 1 is 1.42 bits per heavy atom. The molecule has 19 heavy (non-hydrogen) atoms. The van der Waals surface area contributed by atoms with Crippen molar-refractivity contribution in [3.8, 4) is 0 Å². The minimum absolute atomic E-state index is 0.230. The van der Waals surface area contributed by atoms with Gasteiger partial charge in [0.05, 0.1) is 11.0 Å². The summed E-state index contributed by atoms with van der Waals surface area (Å²) in [4.78, 5) is 23.6. The molecule has 4 nitrogen and oxygen atoms in total. The number of nitrogens with one attached hydrogen (secondary N) is 1. The van der Waals surface area contributed by atoms with Crippen LogP contribution in [0.5, 0.6) is 0 Å². The number of halogens is 1. The number of aliphatic carboxylic acids is 1. The first-order valence-corrected chi connectivity index (χ1v) is 7.03. The summed E-state index contributed by atoms with van der Waals surface area (Å²) in [7, 11) is 0. The van der Waals surface area contributed by atoms with Crippen LogP contribution in [0.15, 0.2) is 28.7 Å². The molecule has 1 aromatic carbocycles. The fourth-order valence-electron chi connectivity index (χ4n) is 2.53. The lowest BCUT2D eigenvalue weighted by Crippen LogP contribution is -2.47. The van der Waals surface area contributed by atoms with Crippen molar-refractivity contribution in [2.24, 2.45) is 5.41 Å². The maximum Gasteiger partial charge on any atom is 0.311 e. The van der Waals surface area contributed by atoms with Gasteiger partial charge in [0.2, 0.25) is 0 Å². The molecule has 0 heterocycles. The van der Waals surface area contributed by atoms with Gasteiger partial charge in [0.25, 0.3) is 5.91 Å². The fourth-order valence-corrected chi connectivity index (χ4v) is 3.00. The Morgan fingerprint density at radius 2 is 2.11 bits per heavy atom. The third-order valence-corrected chi connectivity index (χ3v) is 4.56. The minimum atomic E-state index is -0.864. The van der Waals surface area contributed by atoms with Crippen molar-refractivity contribution >= 4 is 27.8 Å². The summed E-state index contributed by atoms with van der Waals surface area (Å²) >= 11 is 3.33. The van der Waals surface area contributed by atoms with E-state index in [9.17, 15) is 14.7 Å². The van der Waals surface area contributed by atoms with Crippen molar-refractivity contribution in [3.05, 3.63) is 34.3 Å². The van der Waals surface area contributed by atoms with Gasteiger partial charge >= 0.3 is 5.97 Å². The van der Waals surface area contributed by atoms with Gasteiger partial charge < -0.3 is 10.4 Å². The second kappa shape index (κ2) is 5.33. The van der Waals surface area contributed by atoms with Crippen LogP contribution in [0.25, 0.3) is 0 Å². The van der Waals surface area contributed by atoms with Gasteiger partial charge in [-0.05, 0) is 47.8 Å². The number of benzene rings is 1. The summed E-state index contributed by atoms with van der Waals surface area (Å²) in [6.45, 7) is 1.70. The minimum Gasteiger partial charge on any atom is -0.481 e. The van der Waals surface area contributed by atoms with Crippen LogP contribution < -0.4 is 5.32 Å². The van der Waals surface area contributed by atoms with Gasteiger partial charge in [0.15, 0.2) is 0 Å². The van der Waals surface area contributed by atoms with E-state index in [-0.39, 0.29) is 11.9 Å². The molecule has 2 rings (SSSR count). The van der Waals surface area contributed by atoms with Gasteiger partial charge in [-0.3, -0.25) is 9.59 Å². The highest BCUT2D eigenvalue weighted by atomic mass is 79.9. The van der Waals surface area contributed by atoms with E-state index in [4.69, 9.17) is 0 Å². The fraction of sp³-hybridized carbons (Fsp3) is 0.429. The van der Waals surface area contributed by atoms with Gasteiger partial charge in [-0.15, -0.1) is 0 Å². The van der Waals surface area contributed by atoms with Crippen LogP contribution in [0.2, 0.25) is 0 Å². The molecule has 2 unspecified atom stereocenters. The Balaban J connectivity index is 2.16. The first kappa shape index (κ1) is 14.1. The van der Waals surface area contributed by atoms with Crippen LogP contribution in [-0.4, -0.2) is 23.0 Å². The van der Waals surface area contributed by atoms with E-state index in [2.05, 4.69) is 21.2 Å². The monoisotopic (exact) mass is 325 g/mol. The molecule has 1 aromatic rings. The van der Waals surface area contributed by atoms with Crippen molar-refractivity contribution in [2.45, 2.75) is 32.2 Å². The molecule has 1 fully saturated rings. The van der Waals surface area contributed by atoms with E-state index >= 15 is 0 Å². The summed E-state index contributed by atoms with van der Waals surface area (Å²) in [5.74, 6) is -1.07. The topological polar surface area (TPSA) is 66.4 Å². The van der Waals surface area contributed by atoms with Crippen LogP contribution in [0.1, 0.15) is 36.5 Å². The van der Waals surface area contributed by atoms with E-state index < -0.39 is 11.4 Å². The molecule has 0 radical (unpaired) electrons. The molecule has 0 bridgehead atoms. The number of rotatable bonds is 3. The zero-order valence-electron chi connectivity index (χ0n) is 10.6. The highest BCUT2D eigenvalue weighted by Crippen LogP contribution is 2.38. The lowest BCUT2D eigenvalue weighted by Gasteiger charge is -2.27. The zero-order valence-corrected chi connectivity index (χ0v) is 12.2. The van der Waals surface area contributed by atoms with Crippen molar-refractivity contribution in [1.29, 1.82) is 0 Å². The number of amides is 1. The molecule has 1 aliphatic rings. The Morgan fingerprint density at radius 3 is 2.74 bits per heavy atom. The van der Waals surface area contributed by atoms with Crippen LogP contribution in [0.3, 0.4) is 0 Å². The van der Waals surface area contributed by atoms with Gasteiger partial charge in [-0.2, -0.15) is 0 Å². The first-order valence-electron chi connectivity index (χ1n) is 6.24. The van der Waals surface area contributed by atoms with E-state index in [0.29, 0.717) is 22.9 Å². The van der Waals surface area contributed by atoms with Crippen LogP contribution in [0.4, 0.5) is 0 Å². The molecule has 2 N–H and O–H groups in total. The van der Waals surface area contributed by atoms with Crippen molar-refractivity contribution in [2.75, 3.05) is 0 Å². The Bertz CT molecular complexity index is 517. The molecule has 0 saturated heterocycles. The van der Waals surface area contributed by atoms with E-state index in [0.717, 1.165) is 6.42 Å². The lowest BCUT2D eigenvalue weighted by molar-refractivity contribution is -0.148. The molecule has 0 aromatic heterocycles. The van der Waals surface area contributed by atoms with Crippen molar-refractivity contribution in [3.63, 3.8) is 0 Å². The van der Waals surface area contributed by atoms with Crippen LogP contribution in [0, 0.1) is 5.41 Å². The van der Waals surface area contributed by atoms with E-state index in [1.54, 1.807) is 25.1 Å². The highest BCUT2D eigenvalue weighted by Gasteiger charge is 2.45. The van der Waals surface area contributed by atoms with Gasteiger partial charge in [-0.25, -0.2) is 0 Å². The molecule has 0 aliphatic heterocycles. The number of carboxylic acids is 1. The second-order valence-electron chi connectivity index (χ2n) is 5.12. The van der Waals surface area contributed by atoms with Crippen molar-refractivity contribution < 1.29 is 14.7 Å². The first-order chi connectivity index (χ1) is 8.95. The van der Waals surface area contributed by atoms with Crippen molar-refractivity contribution in [1.82, 2.24) is 5.32 Å². The Kier molecular flexibility index (Phi) is 3.94. The average Bonchev–Trinajstić information content (AvgIpc) is 2.73. The van der Waals surface area contributed by atoms with Crippen LogP contribution in [-0.2, 0) is 4.79 Å². The normalized spacial score (nSPS) is 26.1. The smallest absolute Gasteiger partial charge is 0.311 e. The molecule has 1 amide bonds. The summed E-state index contributed by atoms with van der Waals surface area (Å²) in [5, 5.41) is 12.2. The summed E-state index contributed by atoms with van der Waals surface area (Å²) in [5.41, 5.74) is -0.334. The van der Waals surface area contributed by atoms with Crippen LogP contribution >= 0.6 is 15.9 Å². The van der Waals surface area contributed by atoms with E-state index in [1.807, 2.05) is 6.07 Å². The molecule has 5 heteroatoms. The quantitative estimate of drug-likeness (QED) is 0.898. The maximum atomic E-state index is 12.2. The molecular formula is C14H16BrNO3. The largest absolute Gasteiger partial charge is 0.481 e. The second-order valence-corrected chi connectivity index (χ2v) is 5.98. The van der Waals surface area contributed by atoms with Gasteiger partial charge in [0.1, 0.15) is 0 Å². The molecular weight excluding hydrogens is 310 g/mol. The standard InChI is InChI=1S/C14H16BrNO3/c1-14(13(18)19)8-4-7-11(14)16-12(17)9-5-2-3-6-10(9)15/h2-3,5-6,11H,4,7-8H2,1H3,(H,16,17)(H,18,19). The Hall–Kier alpha value is -1.36. The summed E-state index contributed by atoms with van der Waals surface area (Å²) in [6, 6.07) is 6.80. The lowest BCUT2D eigenvalue weighted by atomic mass is 9.85. The molecule has 1 aliphatic carbocycles. The van der Waals surface area contributed by atoms with Gasteiger partial charge in [0, 0.05) is 10.5 Å². The SMILES string of the molecule is CC1(C(=O)O)CCCC1NC(=O)c1ccccc1Br.